The Kier molecular flexibility index (Phi) is 6.30. The number of ether oxygens (including phenoxy) is 2. The highest BCUT2D eigenvalue weighted by molar-refractivity contribution is 7.80. The second-order valence-corrected chi connectivity index (χ2v) is 5.32. The van der Waals surface area contributed by atoms with E-state index in [1.165, 1.54) is 0 Å². The highest BCUT2D eigenvalue weighted by Gasteiger charge is 2.07. The summed E-state index contributed by atoms with van der Waals surface area (Å²) in [5.74, 6) is 0.321. The number of hydrogen-bond acceptors (Lipinski definition) is 5. The summed E-state index contributed by atoms with van der Waals surface area (Å²) in [5.41, 5.74) is 6.17. The molecule has 0 heterocycles. The summed E-state index contributed by atoms with van der Waals surface area (Å²) >= 11 is 5.05. The molecule has 25 heavy (non-hydrogen) atoms. The van der Waals surface area contributed by atoms with Crippen LogP contribution < -0.4 is 25.8 Å². The highest BCUT2D eigenvalue weighted by Crippen LogP contribution is 2.16. The molecule has 0 unspecified atom stereocenters. The molecule has 0 spiro atoms. The van der Waals surface area contributed by atoms with Crippen LogP contribution in [-0.4, -0.2) is 30.6 Å². The van der Waals surface area contributed by atoms with Gasteiger partial charge in [0.05, 0.1) is 7.11 Å². The lowest BCUT2D eigenvalue weighted by Gasteiger charge is -2.11. The molecule has 2 aromatic rings. The van der Waals surface area contributed by atoms with E-state index < -0.39 is 11.8 Å². The number of methoxy groups -OCH3 is 1. The van der Waals surface area contributed by atoms with E-state index in [2.05, 4.69) is 10.6 Å². The Morgan fingerprint density at radius 1 is 1.04 bits per heavy atom. The van der Waals surface area contributed by atoms with Gasteiger partial charge < -0.3 is 20.5 Å². The molecule has 0 saturated heterocycles. The molecule has 0 aliphatic heterocycles. The van der Waals surface area contributed by atoms with E-state index in [-0.39, 0.29) is 11.7 Å². The first-order valence-electron chi connectivity index (χ1n) is 7.25. The van der Waals surface area contributed by atoms with E-state index in [1.54, 1.807) is 55.6 Å². The zero-order valence-electron chi connectivity index (χ0n) is 13.4. The second-order valence-electron chi connectivity index (χ2n) is 4.91. The van der Waals surface area contributed by atoms with Gasteiger partial charge in [0.2, 0.25) is 5.91 Å². The van der Waals surface area contributed by atoms with E-state index in [0.29, 0.717) is 22.7 Å². The summed E-state index contributed by atoms with van der Waals surface area (Å²) < 4.78 is 10.4. The lowest BCUT2D eigenvalue weighted by atomic mass is 10.2. The minimum absolute atomic E-state index is 0.121. The number of carbonyl (C=O) groups is 2. The lowest BCUT2D eigenvalue weighted by Crippen LogP contribution is -2.37. The molecule has 0 atom stereocenters. The fraction of sp³-hybridized carbons (Fsp3) is 0.118. The Labute approximate surface area is 150 Å². The fourth-order valence-electron chi connectivity index (χ4n) is 1.86. The second kappa shape index (κ2) is 8.65. The van der Waals surface area contributed by atoms with Gasteiger partial charge >= 0.3 is 0 Å². The van der Waals surface area contributed by atoms with Crippen LogP contribution in [-0.2, 0) is 4.79 Å². The Hall–Kier alpha value is -3.13. The fourth-order valence-corrected chi connectivity index (χ4v) is 2.10. The van der Waals surface area contributed by atoms with E-state index in [0.717, 1.165) is 0 Å². The van der Waals surface area contributed by atoms with Crippen molar-refractivity contribution in [3.8, 4) is 11.5 Å². The topological polar surface area (TPSA) is 103 Å². The largest absolute Gasteiger partial charge is 0.497 e. The minimum atomic E-state index is -0.516. The number of amides is 2. The molecule has 7 nitrogen and oxygen atoms in total. The molecule has 0 radical (unpaired) electrons. The number of thiocarbonyl (C=S) groups is 1. The Morgan fingerprint density at radius 3 is 2.20 bits per heavy atom. The number of anilines is 1. The third-order valence-electron chi connectivity index (χ3n) is 3.11. The molecule has 0 fully saturated rings. The minimum Gasteiger partial charge on any atom is -0.497 e. The first-order valence-corrected chi connectivity index (χ1v) is 7.66. The van der Waals surface area contributed by atoms with Crippen molar-refractivity contribution < 1.29 is 19.1 Å². The van der Waals surface area contributed by atoms with E-state index in [4.69, 9.17) is 27.4 Å². The zero-order chi connectivity index (χ0) is 18.2. The third-order valence-corrected chi connectivity index (χ3v) is 3.31. The summed E-state index contributed by atoms with van der Waals surface area (Å²) in [5, 5.41) is 5.45. The van der Waals surface area contributed by atoms with Crippen molar-refractivity contribution in [3.63, 3.8) is 0 Å². The molecule has 4 N–H and O–H groups in total. The molecule has 0 saturated carbocycles. The Balaban J connectivity index is 1.79. The predicted octanol–water partition coefficient (Wildman–Crippen LogP) is 1.69. The van der Waals surface area contributed by atoms with Gasteiger partial charge in [-0.1, -0.05) is 0 Å². The van der Waals surface area contributed by atoms with Gasteiger partial charge in [0.15, 0.2) is 11.7 Å². The SMILES string of the molecule is COc1ccc(OCC(=O)NC(=S)Nc2ccc(C(N)=O)cc2)cc1. The number of primary amides is 1. The van der Waals surface area contributed by atoms with Gasteiger partial charge in [-0.3, -0.25) is 14.9 Å². The molecule has 2 aromatic carbocycles. The maximum atomic E-state index is 11.8. The summed E-state index contributed by atoms with van der Waals surface area (Å²) in [4.78, 5) is 22.8. The monoisotopic (exact) mass is 359 g/mol. The van der Waals surface area contributed by atoms with Crippen molar-refractivity contribution in [2.24, 2.45) is 5.73 Å². The molecule has 0 bridgehead atoms. The van der Waals surface area contributed by atoms with Crippen molar-refractivity contribution in [2.45, 2.75) is 0 Å². The van der Waals surface area contributed by atoms with Crippen LogP contribution >= 0.6 is 12.2 Å². The molecule has 0 aliphatic rings. The quantitative estimate of drug-likeness (QED) is 0.678. The number of nitrogens with two attached hydrogens (primary N) is 1. The molecule has 130 valence electrons. The molecule has 2 amide bonds. The summed E-state index contributed by atoms with van der Waals surface area (Å²) in [6.45, 7) is -0.186. The van der Waals surface area contributed by atoms with Crippen LogP contribution in [0.15, 0.2) is 48.5 Å². The third kappa shape index (κ3) is 5.78. The predicted molar refractivity (Wildman–Crippen MR) is 97.8 cm³/mol. The number of rotatable bonds is 6. The Bertz CT molecular complexity index is 760. The maximum Gasteiger partial charge on any atom is 0.264 e. The number of benzene rings is 2. The molecule has 2 rings (SSSR count). The lowest BCUT2D eigenvalue weighted by molar-refractivity contribution is -0.121. The van der Waals surface area contributed by atoms with E-state index in [1.807, 2.05) is 0 Å². The standard InChI is InChI=1S/C17H17N3O4S/c1-23-13-6-8-14(9-7-13)24-10-15(21)20-17(25)19-12-4-2-11(3-5-12)16(18)22/h2-9H,10H2,1H3,(H2,18,22)(H2,19,20,21,25). The highest BCUT2D eigenvalue weighted by atomic mass is 32.1. The van der Waals surface area contributed by atoms with E-state index >= 15 is 0 Å². The normalized spacial score (nSPS) is 9.80. The smallest absolute Gasteiger partial charge is 0.264 e. The summed E-state index contributed by atoms with van der Waals surface area (Å²) in [7, 11) is 1.57. The van der Waals surface area contributed by atoms with Crippen LogP contribution in [0.1, 0.15) is 10.4 Å². The molecule has 0 aliphatic carbocycles. The maximum absolute atomic E-state index is 11.8. The van der Waals surface area contributed by atoms with Crippen LogP contribution in [0.5, 0.6) is 11.5 Å². The van der Waals surface area contributed by atoms with Crippen LogP contribution in [0, 0.1) is 0 Å². The average molecular weight is 359 g/mol. The van der Waals surface area contributed by atoms with Crippen molar-refractivity contribution >= 4 is 34.8 Å². The van der Waals surface area contributed by atoms with Gasteiger partial charge in [0, 0.05) is 11.3 Å². The number of carbonyl (C=O) groups excluding carboxylic acids is 2. The molecular formula is C17H17N3O4S. The zero-order valence-corrected chi connectivity index (χ0v) is 14.3. The molecular weight excluding hydrogens is 342 g/mol. The number of hydrogen-bond donors (Lipinski definition) is 3. The van der Waals surface area contributed by atoms with Gasteiger partial charge in [-0.05, 0) is 60.7 Å². The van der Waals surface area contributed by atoms with E-state index in [9.17, 15) is 9.59 Å². The van der Waals surface area contributed by atoms with Crippen molar-refractivity contribution in [3.05, 3.63) is 54.1 Å². The van der Waals surface area contributed by atoms with Gasteiger partial charge in [0.25, 0.3) is 5.91 Å². The van der Waals surface area contributed by atoms with Gasteiger partial charge in [-0.15, -0.1) is 0 Å². The average Bonchev–Trinajstić information content (AvgIpc) is 2.60. The summed E-state index contributed by atoms with van der Waals surface area (Å²) in [6.07, 6.45) is 0. The first-order chi connectivity index (χ1) is 12.0. The van der Waals surface area contributed by atoms with Crippen LogP contribution in [0.4, 0.5) is 5.69 Å². The molecule has 0 aromatic heterocycles. The Morgan fingerprint density at radius 2 is 1.64 bits per heavy atom. The van der Waals surface area contributed by atoms with Crippen molar-refractivity contribution in [1.29, 1.82) is 0 Å². The van der Waals surface area contributed by atoms with Crippen molar-refractivity contribution in [2.75, 3.05) is 19.0 Å². The molecule has 8 heteroatoms. The van der Waals surface area contributed by atoms with Crippen LogP contribution in [0.2, 0.25) is 0 Å². The number of nitrogens with one attached hydrogen (secondary N) is 2. The van der Waals surface area contributed by atoms with Crippen LogP contribution in [0.25, 0.3) is 0 Å². The van der Waals surface area contributed by atoms with Gasteiger partial charge in [-0.2, -0.15) is 0 Å². The van der Waals surface area contributed by atoms with Crippen LogP contribution in [0.3, 0.4) is 0 Å². The first kappa shape index (κ1) is 18.2. The van der Waals surface area contributed by atoms with Gasteiger partial charge in [-0.25, -0.2) is 0 Å². The van der Waals surface area contributed by atoms with Gasteiger partial charge in [0.1, 0.15) is 11.5 Å². The summed E-state index contributed by atoms with van der Waals surface area (Å²) in [6, 6.07) is 13.2. The van der Waals surface area contributed by atoms with Crippen molar-refractivity contribution in [1.82, 2.24) is 5.32 Å².